The van der Waals surface area contributed by atoms with E-state index in [-0.39, 0.29) is 29.0 Å². The molecule has 1 aliphatic rings. The smallest absolute Gasteiger partial charge is 0.283 e. The monoisotopic (exact) mass is 446 g/mol. The van der Waals surface area contributed by atoms with Crippen LogP contribution in [0.4, 0.5) is 10.1 Å². The van der Waals surface area contributed by atoms with Gasteiger partial charge >= 0.3 is 0 Å². The number of rotatable bonds is 6. The Bertz CT molecular complexity index is 1190. The van der Waals surface area contributed by atoms with Crippen LogP contribution in [0.2, 0.25) is 0 Å². The molecule has 160 valence electrons. The molecule has 0 aromatic heterocycles. The number of carbonyl (C=O) groups is 2. The summed E-state index contributed by atoms with van der Waals surface area (Å²) in [4.78, 5) is 31.8. The van der Waals surface area contributed by atoms with E-state index in [2.05, 4.69) is 4.99 Å². The van der Waals surface area contributed by atoms with Gasteiger partial charge in [-0.05, 0) is 60.2 Å². The number of anilines is 1. The zero-order valence-corrected chi connectivity index (χ0v) is 18.0. The molecule has 3 aromatic carbocycles. The topological polar surface area (TPSA) is 59.0 Å². The van der Waals surface area contributed by atoms with Crippen molar-refractivity contribution in [3.8, 4) is 5.75 Å². The van der Waals surface area contributed by atoms with Crippen LogP contribution < -0.4 is 9.64 Å². The molecular weight excluding hydrogens is 427 g/mol. The molecule has 0 unspecified atom stereocenters. The molecule has 0 N–H and O–H groups in total. The van der Waals surface area contributed by atoms with Crippen molar-refractivity contribution in [2.75, 3.05) is 17.8 Å². The molecular formula is C25H19FN2O3S. The highest BCUT2D eigenvalue weighted by Gasteiger charge is 2.32. The first-order chi connectivity index (χ1) is 15.5. The third kappa shape index (κ3) is 4.78. The quantitative estimate of drug-likeness (QED) is 0.386. The third-order valence-corrected chi connectivity index (χ3v) is 5.70. The molecule has 0 bridgehead atoms. The van der Waals surface area contributed by atoms with Gasteiger partial charge in [-0.1, -0.05) is 42.1 Å². The molecule has 0 aliphatic carbocycles. The van der Waals surface area contributed by atoms with Gasteiger partial charge in [0.2, 0.25) is 0 Å². The van der Waals surface area contributed by atoms with Crippen molar-refractivity contribution in [3.63, 3.8) is 0 Å². The number of nitrogens with zero attached hydrogens (tertiary/aromatic N) is 2. The molecule has 3 aromatic rings. The Morgan fingerprint density at radius 1 is 1.03 bits per heavy atom. The third-order valence-electron chi connectivity index (χ3n) is 4.76. The highest BCUT2D eigenvalue weighted by atomic mass is 32.2. The van der Waals surface area contributed by atoms with Crippen LogP contribution in [0.3, 0.4) is 0 Å². The molecule has 0 saturated carbocycles. The number of thioether (sulfide) groups is 1. The maximum absolute atomic E-state index is 13.2. The molecule has 4 rings (SSSR count). The van der Waals surface area contributed by atoms with Crippen LogP contribution in [0.15, 0.2) is 89.6 Å². The largest absolute Gasteiger partial charge is 0.497 e. The molecule has 7 heteroatoms. The number of benzene rings is 3. The van der Waals surface area contributed by atoms with E-state index in [1.165, 1.54) is 28.8 Å². The highest BCUT2D eigenvalue weighted by molar-refractivity contribution is 8.14. The SMILES string of the molecule is COc1ccc(C(=O)CSC2=NC(=Cc3ccc(F)cc3)C(=O)N2c2ccccc2)cc1. The number of hydrogen-bond acceptors (Lipinski definition) is 5. The minimum Gasteiger partial charge on any atom is -0.497 e. The van der Waals surface area contributed by atoms with Crippen molar-refractivity contribution < 1.29 is 18.7 Å². The Kier molecular flexibility index (Phi) is 6.47. The van der Waals surface area contributed by atoms with Crippen LogP contribution in [0.1, 0.15) is 15.9 Å². The maximum atomic E-state index is 13.2. The number of ether oxygens (including phenoxy) is 1. The first kappa shape index (κ1) is 21.5. The summed E-state index contributed by atoms with van der Waals surface area (Å²) in [6, 6.07) is 21.8. The molecule has 0 fully saturated rings. The van der Waals surface area contributed by atoms with Gasteiger partial charge in [-0.15, -0.1) is 0 Å². The Balaban J connectivity index is 1.59. The number of amidine groups is 1. The van der Waals surface area contributed by atoms with Gasteiger partial charge < -0.3 is 4.74 Å². The standard InChI is InChI=1S/C25H19FN2O3S/c1-31-21-13-9-18(10-14-21)23(29)16-32-25-27-22(15-17-7-11-19(26)12-8-17)24(30)28(25)20-5-3-2-4-6-20/h2-15H,16H2,1H3. The van der Waals surface area contributed by atoms with Crippen LogP contribution in [0.25, 0.3) is 6.08 Å². The van der Waals surface area contributed by atoms with E-state index in [4.69, 9.17) is 4.74 Å². The van der Waals surface area contributed by atoms with Crippen LogP contribution >= 0.6 is 11.8 Å². The van der Waals surface area contributed by atoms with E-state index in [9.17, 15) is 14.0 Å². The van der Waals surface area contributed by atoms with Crippen molar-refractivity contribution in [2.45, 2.75) is 0 Å². The van der Waals surface area contributed by atoms with Gasteiger partial charge in [-0.2, -0.15) is 0 Å². The summed E-state index contributed by atoms with van der Waals surface area (Å²) in [7, 11) is 1.57. The lowest BCUT2D eigenvalue weighted by molar-refractivity contribution is -0.113. The molecule has 32 heavy (non-hydrogen) atoms. The van der Waals surface area contributed by atoms with Gasteiger partial charge in [-0.3, -0.25) is 14.5 Å². The number of hydrogen-bond donors (Lipinski definition) is 0. The fraction of sp³-hybridized carbons (Fsp3) is 0.0800. The summed E-state index contributed by atoms with van der Waals surface area (Å²) in [5.41, 5.74) is 2.09. The summed E-state index contributed by atoms with van der Waals surface area (Å²) in [6.45, 7) is 0. The van der Waals surface area contributed by atoms with Crippen molar-refractivity contribution >= 4 is 40.4 Å². The predicted octanol–water partition coefficient (Wildman–Crippen LogP) is 5.19. The van der Waals surface area contributed by atoms with Crippen molar-refractivity contribution in [1.82, 2.24) is 0 Å². The van der Waals surface area contributed by atoms with Crippen molar-refractivity contribution in [1.29, 1.82) is 0 Å². The zero-order chi connectivity index (χ0) is 22.5. The fourth-order valence-corrected chi connectivity index (χ4v) is 4.01. The van der Waals surface area contributed by atoms with E-state index in [1.54, 1.807) is 61.7 Å². The van der Waals surface area contributed by atoms with Gasteiger partial charge in [0, 0.05) is 5.56 Å². The molecule has 0 atom stereocenters. The van der Waals surface area contributed by atoms with Crippen LogP contribution in [0.5, 0.6) is 5.75 Å². The second-order valence-corrected chi connectivity index (χ2v) is 7.83. The Morgan fingerprint density at radius 3 is 2.38 bits per heavy atom. The van der Waals surface area contributed by atoms with E-state index in [0.29, 0.717) is 27.7 Å². The fourth-order valence-electron chi connectivity index (χ4n) is 3.11. The van der Waals surface area contributed by atoms with Gasteiger partial charge in [0.15, 0.2) is 11.0 Å². The predicted molar refractivity (Wildman–Crippen MR) is 126 cm³/mol. The average Bonchev–Trinajstić information content (AvgIpc) is 3.14. The number of ketones is 1. The molecule has 5 nitrogen and oxygen atoms in total. The number of methoxy groups -OCH3 is 1. The van der Waals surface area contributed by atoms with Gasteiger partial charge in [0.05, 0.1) is 18.6 Å². The van der Waals surface area contributed by atoms with E-state index >= 15 is 0 Å². The molecule has 0 spiro atoms. The van der Waals surface area contributed by atoms with E-state index in [1.807, 2.05) is 18.2 Å². The molecule has 1 heterocycles. The van der Waals surface area contributed by atoms with Gasteiger partial charge in [0.1, 0.15) is 17.3 Å². The maximum Gasteiger partial charge on any atom is 0.283 e. The number of carbonyl (C=O) groups excluding carboxylic acids is 2. The lowest BCUT2D eigenvalue weighted by Gasteiger charge is -2.17. The summed E-state index contributed by atoms with van der Waals surface area (Å²) < 4.78 is 18.3. The second kappa shape index (κ2) is 9.62. The Hall–Kier alpha value is -3.71. The lowest BCUT2D eigenvalue weighted by atomic mass is 10.1. The first-order valence-corrected chi connectivity index (χ1v) is 10.8. The van der Waals surface area contributed by atoms with Crippen LogP contribution in [-0.4, -0.2) is 29.7 Å². The minimum atomic E-state index is -0.354. The second-order valence-electron chi connectivity index (χ2n) is 6.89. The van der Waals surface area contributed by atoms with Gasteiger partial charge in [-0.25, -0.2) is 9.38 Å². The van der Waals surface area contributed by atoms with Crippen molar-refractivity contribution in [3.05, 3.63) is 102 Å². The average molecular weight is 447 g/mol. The molecule has 1 amide bonds. The number of Topliss-reactive ketones (excluding diaryl/α,β-unsaturated/α-hetero) is 1. The Morgan fingerprint density at radius 2 is 1.72 bits per heavy atom. The van der Waals surface area contributed by atoms with E-state index in [0.717, 1.165) is 0 Å². The number of aliphatic imine (C=N–C) groups is 1. The minimum absolute atomic E-state index is 0.0863. The summed E-state index contributed by atoms with van der Waals surface area (Å²) in [5, 5.41) is 0.413. The Labute approximate surface area is 189 Å². The molecule has 1 aliphatic heterocycles. The van der Waals surface area contributed by atoms with Gasteiger partial charge in [0.25, 0.3) is 5.91 Å². The lowest BCUT2D eigenvalue weighted by Crippen LogP contribution is -2.30. The first-order valence-electron chi connectivity index (χ1n) is 9.80. The molecule has 0 radical (unpaired) electrons. The zero-order valence-electron chi connectivity index (χ0n) is 17.2. The van der Waals surface area contributed by atoms with E-state index < -0.39 is 0 Å². The highest BCUT2D eigenvalue weighted by Crippen LogP contribution is 2.29. The van der Waals surface area contributed by atoms with Crippen molar-refractivity contribution in [2.24, 2.45) is 4.99 Å². The summed E-state index contributed by atoms with van der Waals surface area (Å²) in [6.07, 6.45) is 1.61. The van der Waals surface area contributed by atoms with Crippen LogP contribution in [-0.2, 0) is 4.79 Å². The summed E-state index contributed by atoms with van der Waals surface area (Å²) >= 11 is 1.19. The number of amides is 1. The normalized spacial score (nSPS) is 14.6. The number of para-hydroxylation sites is 1. The number of halogens is 1. The molecule has 0 saturated heterocycles. The van der Waals surface area contributed by atoms with Crippen LogP contribution in [0, 0.1) is 5.82 Å². The summed E-state index contributed by atoms with van der Waals surface area (Å²) in [5.74, 6) is 0.0427.